The molecule has 0 bridgehead atoms. The van der Waals surface area contributed by atoms with Gasteiger partial charge >= 0.3 is 0 Å². The first-order valence-corrected chi connectivity index (χ1v) is 20.2. The monoisotopic (exact) mass is 738 g/mol. The predicted molar refractivity (Wildman–Crippen MR) is 227 cm³/mol. The molecule has 4 aromatic carbocycles. The van der Waals surface area contributed by atoms with Gasteiger partial charge in [-0.1, -0.05) is 57.4 Å². The molecule has 0 atom stereocenters. The second kappa shape index (κ2) is 16.7. The number of nitrogens with zero attached hydrogens (tertiary/aromatic N) is 2. The number of hydrogen-bond acceptors (Lipinski definition) is 5. The molecule has 1 aliphatic heterocycles. The van der Waals surface area contributed by atoms with Gasteiger partial charge in [-0.3, -0.25) is 14.4 Å². The van der Waals surface area contributed by atoms with Gasteiger partial charge in [0.25, 0.3) is 5.56 Å². The highest BCUT2D eigenvalue weighted by atomic mass is 16.2. The number of amides is 1. The van der Waals surface area contributed by atoms with Crippen LogP contribution in [0.15, 0.2) is 77.6 Å². The Morgan fingerprint density at radius 1 is 0.836 bits per heavy atom. The lowest BCUT2D eigenvalue weighted by Gasteiger charge is -2.33. The SMILES string of the molecule is CN(C)c1ccc2c(c1)C(C)(C)c1cc3c(cc1=C2)CCC[N+]=3CCCC(=O)CCCCCCCNCC(=O)Nc1ccc2[nH]c(=O)c3ccccc3c2c1. The van der Waals surface area contributed by atoms with Gasteiger partial charge in [-0.25, -0.2) is 4.58 Å². The van der Waals surface area contributed by atoms with E-state index in [0.717, 1.165) is 87.3 Å². The van der Waals surface area contributed by atoms with Crippen molar-refractivity contribution in [3.05, 3.63) is 116 Å². The van der Waals surface area contributed by atoms with E-state index in [1.165, 1.54) is 38.5 Å². The highest BCUT2D eigenvalue weighted by Gasteiger charge is 2.32. The van der Waals surface area contributed by atoms with Crippen LogP contribution in [-0.2, 0) is 21.4 Å². The Labute approximate surface area is 324 Å². The third kappa shape index (κ3) is 8.60. The molecule has 0 radical (unpaired) electrons. The summed E-state index contributed by atoms with van der Waals surface area (Å²) in [4.78, 5) is 42.9. The number of aryl methyl sites for hydroxylation is 1. The van der Waals surface area contributed by atoms with Gasteiger partial charge in [-0.2, -0.15) is 0 Å². The van der Waals surface area contributed by atoms with Crippen molar-refractivity contribution in [1.82, 2.24) is 14.9 Å². The minimum absolute atomic E-state index is 0.0894. The molecule has 55 heavy (non-hydrogen) atoms. The summed E-state index contributed by atoms with van der Waals surface area (Å²) in [6.45, 7) is 7.71. The molecular formula is C47H56N5O3+. The van der Waals surface area contributed by atoms with Gasteiger partial charge in [0.15, 0.2) is 0 Å². The van der Waals surface area contributed by atoms with Gasteiger partial charge in [0, 0.05) is 84.5 Å². The number of aromatic nitrogens is 1. The number of unbranched alkanes of at least 4 members (excludes halogenated alkanes) is 4. The van der Waals surface area contributed by atoms with Crippen LogP contribution in [0, 0.1) is 0 Å². The zero-order valence-electron chi connectivity index (χ0n) is 33.0. The van der Waals surface area contributed by atoms with Crippen LogP contribution in [-0.4, -0.2) is 56.9 Å². The highest BCUT2D eigenvalue weighted by molar-refractivity contribution is 6.07. The number of Topliss-reactive ketones (excluding diaryl/α,β-unsaturated/α-hetero) is 1. The van der Waals surface area contributed by atoms with E-state index in [1.54, 1.807) is 0 Å². The highest BCUT2D eigenvalue weighted by Crippen LogP contribution is 2.37. The third-order valence-electron chi connectivity index (χ3n) is 11.7. The van der Waals surface area contributed by atoms with E-state index < -0.39 is 0 Å². The lowest BCUT2D eigenvalue weighted by atomic mass is 9.71. The Bertz CT molecular complexity index is 2430. The lowest BCUT2D eigenvalue weighted by Crippen LogP contribution is -2.42. The average Bonchev–Trinajstić information content (AvgIpc) is 3.17. The molecule has 286 valence electrons. The van der Waals surface area contributed by atoms with Gasteiger partial charge in [0.05, 0.1) is 6.54 Å². The van der Waals surface area contributed by atoms with Gasteiger partial charge in [0.1, 0.15) is 18.9 Å². The number of H-pyrrole nitrogens is 1. The number of fused-ring (bicyclic) bond motifs is 6. The second-order valence-corrected chi connectivity index (χ2v) is 16.2. The molecule has 5 aromatic rings. The maximum Gasteiger partial charge on any atom is 0.256 e. The number of anilines is 2. The van der Waals surface area contributed by atoms with Crippen molar-refractivity contribution in [3.8, 4) is 0 Å². The van der Waals surface area contributed by atoms with Crippen molar-refractivity contribution < 1.29 is 9.59 Å². The zero-order valence-corrected chi connectivity index (χ0v) is 33.0. The number of rotatable bonds is 16. The molecule has 0 fully saturated rings. The molecule has 0 spiro atoms. The van der Waals surface area contributed by atoms with Crippen molar-refractivity contribution in [1.29, 1.82) is 0 Å². The predicted octanol–water partition coefficient (Wildman–Crippen LogP) is 6.57. The first-order chi connectivity index (χ1) is 26.6. The van der Waals surface area contributed by atoms with E-state index in [-0.39, 0.29) is 23.4 Å². The Hall–Kier alpha value is -5.08. The summed E-state index contributed by atoms with van der Waals surface area (Å²) in [6.07, 6.45) is 12.0. The number of nitrogens with one attached hydrogen (secondary N) is 3. The minimum Gasteiger partial charge on any atom is -0.378 e. The largest absolute Gasteiger partial charge is 0.378 e. The molecule has 8 heteroatoms. The molecule has 2 heterocycles. The van der Waals surface area contributed by atoms with Crippen molar-refractivity contribution in [3.63, 3.8) is 0 Å². The quantitative estimate of drug-likeness (QED) is 0.0605. The summed E-state index contributed by atoms with van der Waals surface area (Å²) in [5, 5.41) is 11.3. The molecule has 0 saturated carbocycles. The van der Waals surface area contributed by atoms with Crippen molar-refractivity contribution in [2.75, 3.05) is 50.5 Å². The van der Waals surface area contributed by atoms with Gasteiger partial charge in [-0.15, -0.1) is 0 Å². The first-order valence-electron chi connectivity index (χ1n) is 20.2. The van der Waals surface area contributed by atoms with E-state index in [4.69, 9.17) is 0 Å². The smallest absolute Gasteiger partial charge is 0.256 e. The maximum atomic E-state index is 12.8. The number of benzene rings is 4. The Kier molecular flexibility index (Phi) is 11.6. The fourth-order valence-electron chi connectivity index (χ4n) is 8.58. The van der Waals surface area contributed by atoms with E-state index >= 15 is 0 Å². The van der Waals surface area contributed by atoms with Gasteiger partial charge in [-0.05, 0) is 102 Å². The molecule has 2 aliphatic rings. The number of hydrogen-bond donors (Lipinski definition) is 3. The number of pyridine rings is 1. The van der Waals surface area contributed by atoms with E-state index in [9.17, 15) is 14.4 Å². The molecule has 3 N–H and O–H groups in total. The van der Waals surface area contributed by atoms with E-state index in [2.05, 4.69) is 89.4 Å². The Balaban J connectivity index is 0.805. The fourth-order valence-corrected chi connectivity index (χ4v) is 8.58. The van der Waals surface area contributed by atoms with Gasteiger partial charge < -0.3 is 20.5 Å². The van der Waals surface area contributed by atoms with Crippen molar-refractivity contribution >= 4 is 50.8 Å². The normalized spacial score (nSPS) is 14.2. The summed E-state index contributed by atoms with van der Waals surface area (Å²) in [6, 6.07) is 24.8. The topological polar surface area (TPSA) is 97.3 Å². The summed E-state index contributed by atoms with van der Waals surface area (Å²) in [7, 11) is 4.20. The molecule has 7 rings (SSSR count). The summed E-state index contributed by atoms with van der Waals surface area (Å²) in [5.41, 5.74) is 8.00. The molecule has 1 aromatic heterocycles. The summed E-state index contributed by atoms with van der Waals surface area (Å²) < 4.78 is 2.53. The van der Waals surface area contributed by atoms with Crippen molar-refractivity contribution in [2.24, 2.45) is 0 Å². The van der Waals surface area contributed by atoms with Crippen molar-refractivity contribution in [2.45, 2.75) is 83.5 Å². The minimum atomic E-state index is -0.115. The number of aromatic amines is 1. The average molecular weight is 739 g/mol. The van der Waals surface area contributed by atoms with Crippen LogP contribution >= 0.6 is 0 Å². The van der Waals surface area contributed by atoms with Crippen LogP contribution < -0.4 is 36.2 Å². The molecule has 1 amide bonds. The summed E-state index contributed by atoms with van der Waals surface area (Å²) >= 11 is 0. The van der Waals surface area contributed by atoms with Crippen LogP contribution in [0.25, 0.3) is 27.8 Å². The third-order valence-corrected chi connectivity index (χ3v) is 11.7. The molecular weight excluding hydrogens is 683 g/mol. The number of carbonyl (C=O) groups excluding carboxylic acids is 2. The van der Waals surface area contributed by atoms with Crippen LogP contribution in [0.5, 0.6) is 0 Å². The fraction of sp³-hybridized carbons (Fsp3) is 0.404. The van der Waals surface area contributed by atoms with Gasteiger partial charge in [0.2, 0.25) is 11.3 Å². The van der Waals surface area contributed by atoms with Crippen LogP contribution in [0.2, 0.25) is 0 Å². The standard InChI is InChI=1S/C47H55N5O3/c1-47(2)41-29-36(51(3)4)21-19-32(41)26-34-27-33-14-12-24-52(44(33)30-42(34)47)25-13-16-37(53)15-8-6-5-7-11-23-48-31-45(54)49-35-20-22-43-40(28-35)38-17-9-10-18-39(38)46(55)50-43/h9-10,17-22,26-30,48H,5-8,11-16,23-25,31H2,1-4H3,(H-,49,50,54,55)/p+1. The molecule has 0 unspecified atom stereocenters. The Morgan fingerprint density at radius 2 is 1.62 bits per heavy atom. The second-order valence-electron chi connectivity index (χ2n) is 16.2. The Morgan fingerprint density at radius 3 is 2.45 bits per heavy atom. The van der Waals surface area contributed by atoms with Crippen LogP contribution in [0.1, 0.15) is 93.9 Å². The maximum absolute atomic E-state index is 12.8. The van der Waals surface area contributed by atoms with Crippen LogP contribution in [0.4, 0.5) is 11.4 Å². The van der Waals surface area contributed by atoms with E-state index in [0.29, 0.717) is 29.7 Å². The lowest BCUT2D eigenvalue weighted by molar-refractivity contribution is -0.119. The van der Waals surface area contributed by atoms with Crippen LogP contribution in [0.3, 0.4) is 0 Å². The zero-order chi connectivity index (χ0) is 38.5. The summed E-state index contributed by atoms with van der Waals surface area (Å²) in [5.74, 6) is 0.287. The number of carbonyl (C=O) groups is 2. The van der Waals surface area contributed by atoms with E-state index in [1.807, 2.05) is 42.5 Å². The molecule has 8 nitrogen and oxygen atoms in total. The number of ketones is 1. The molecule has 1 aliphatic carbocycles. The molecule has 0 saturated heterocycles. The first kappa shape index (κ1) is 38.2.